The van der Waals surface area contributed by atoms with E-state index in [0.29, 0.717) is 15.6 Å². The second-order valence-electron chi connectivity index (χ2n) is 4.35. The minimum absolute atomic E-state index is 0.00569. The lowest BCUT2D eigenvalue weighted by atomic mass is 9.91. The zero-order chi connectivity index (χ0) is 13.2. The number of hydrogen-bond acceptors (Lipinski definition) is 2. The van der Waals surface area contributed by atoms with Crippen molar-refractivity contribution < 1.29 is 9.90 Å². The molecule has 2 N–H and O–H groups in total. The van der Waals surface area contributed by atoms with E-state index >= 15 is 0 Å². The third-order valence-corrected chi connectivity index (χ3v) is 3.04. The molecule has 1 rings (SSSR count). The van der Waals surface area contributed by atoms with E-state index in [0.717, 1.165) is 0 Å². The Morgan fingerprint density at radius 2 is 2.00 bits per heavy atom. The number of nitrogens with one attached hydrogen (secondary N) is 1. The highest BCUT2D eigenvalue weighted by Crippen LogP contribution is 2.31. The fraction of sp³-hybridized carbons (Fsp3) is 0.417. The Kier molecular flexibility index (Phi) is 4.42. The highest BCUT2D eigenvalue weighted by molar-refractivity contribution is 6.33. The number of carbonyl (C=O) groups is 1. The molecule has 0 aromatic heterocycles. The van der Waals surface area contributed by atoms with Gasteiger partial charge in [-0.25, -0.2) is 4.79 Å². The van der Waals surface area contributed by atoms with Gasteiger partial charge < -0.3 is 5.11 Å². The summed E-state index contributed by atoms with van der Waals surface area (Å²) >= 11 is 11.9. The van der Waals surface area contributed by atoms with Gasteiger partial charge in [-0.1, -0.05) is 23.2 Å². The summed E-state index contributed by atoms with van der Waals surface area (Å²) in [6, 6.07) is 4.81. The monoisotopic (exact) mass is 275 g/mol. The van der Waals surface area contributed by atoms with Gasteiger partial charge in [0.05, 0.1) is 0 Å². The lowest BCUT2D eigenvalue weighted by Crippen LogP contribution is -2.49. The third-order valence-electron chi connectivity index (χ3n) is 2.47. The van der Waals surface area contributed by atoms with Gasteiger partial charge in [0.15, 0.2) is 0 Å². The summed E-state index contributed by atoms with van der Waals surface area (Å²) in [7, 11) is 0. The Balaban J connectivity index is 3.31. The maximum atomic E-state index is 11.5. The van der Waals surface area contributed by atoms with Gasteiger partial charge in [0, 0.05) is 21.7 Å². The van der Waals surface area contributed by atoms with Gasteiger partial charge in [0.25, 0.3) is 0 Å². The van der Waals surface area contributed by atoms with Crippen LogP contribution in [0.2, 0.25) is 10.0 Å². The summed E-state index contributed by atoms with van der Waals surface area (Å²) in [5, 5.41) is 13.2. The van der Waals surface area contributed by atoms with Gasteiger partial charge in [-0.05, 0) is 39.0 Å². The molecule has 0 heterocycles. The minimum Gasteiger partial charge on any atom is -0.480 e. The zero-order valence-electron chi connectivity index (χ0n) is 9.92. The molecule has 3 nitrogen and oxygen atoms in total. The predicted octanol–water partition coefficient (Wildman–Crippen LogP) is 3.29. The van der Waals surface area contributed by atoms with Crippen molar-refractivity contribution in [2.24, 2.45) is 0 Å². The predicted molar refractivity (Wildman–Crippen MR) is 69.7 cm³/mol. The first-order valence-electron chi connectivity index (χ1n) is 5.24. The molecule has 17 heavy (non-hydrogen) atoms. The van der Waals surface area contributed by atoms with Crippen LogP contribution in [0.15, 0.2) is 18.2 Å². The smallest absolute Gasteiger partial charge is 0.328 e. The highest BCUT2D eigenvalue weighted by atomic mass is 35.5. The maximum absolute atomic E-state index is 11.5. The SMILES string of the molecule is CC(C)NC(C)(C(=O)O)c1cc(Cl)ccc1Cl. The van der Waals surface area contributed by atoms with Crippen molar-refractivity contribution in [3.63, 3.8) is 0 Å². The van der Waals surface area contributed by atoms with Gasteiger partial charge in [0.2, 0.25) is 0 Å². The molecule has 0 saturated heterocycles. The van der Waals surface area contributed by atoms with Crippen molar-refractivity contribution in [1.82, 2.24) is 5.32 Å². The van der Waals surface area contributed by atoms with E-state index in [9.17, 15) is 9.90 Å². The van der Waals surface area contributed by atoms with Gasteiger partial charge in [0.1, 0.15) is 5.54 Å². The average molecular weight is 276 g/mol. The van der Waals surface area contributed by atoms with Gasteiger partial charge in [-0.15, -0.1) is 0 Å². The summed E-state index contributed by atoms with van der Waals surface area (Å²) < 4.78 is 0. The van der Waals surface area contributed by atoms with E-state index in [1.54, 1.807) is 25.1 Å². The second kappa shape index (κ2) is 5.25. The van der Waals surface area contributed by atoms with Crippen molar-refractivity contribution in [2.45, 2.75) is 32.4 Å². The Hall–Kier alpha value is -0.770. The fourth-order valence-corrected chi connectivity index (χ4v) is 2.19. The van der Waals surface area contributed by atoms with Crippen molar-refractivity contribution >= 4 is 29.2 Å². The van der Waals surface area contributed by atoms with Crippen LogP contribution in [0, 0.1) is 0 Å². The third kappa shape index (κ3) is 3.12. The standard InChI is InChI=1S/C12H15Cl2NO2/c1-7(2)15-12(3,11(16)17)9-6-8(13)4-5-10(9)14/h4-7,15H,1-3H3,(H,16,17). The summed E-state index contributed by atoms with van der Waals surface area (Å²) in [4.78, 5) is 11.5. The normalized spacial score (nSPS) is 14.7. The topological polar surface area (TPSA) is 49.3 Å². The Morgan fingerprint density at radius 3 is 2.47 bits per heavy atom. The number of halogens is 2. The molecular weight excluding hydrogens is 261 g/mol. The average Bonchev–Trinajstić information content (AvgIpc) is 2.20. The molecule has 1 aromatic carbocycles. The van der Waals surface area contributed by atoms with Crippen LogP contribution in [0.5, 0.6) is 0 Å². The van der Waals surface area contributed by atoms with Crippen molar-refractivity contribution in [3.8, 4) is 0 Å². The molecule has 1 unspecified atom stereocenters. The summed E-state index contributed by atoms with van der Waals surface area (Å²) in [5.41, 5.74) is -0.788. The molecule has 0 radical (unpaired) electrons. The van der Waals surface area contributed by atoms with Crippen LogP contribution in [-0.2, 0) is 10.3 Å². The van der Waals surface area contributed by atoms with E-state index in [1.165, 1.54) is 0 Å². The summed E-state index contributed by atoms with van der Waals surface area (Å²) in [5.74, 6) is -0.990. The van der Waals surface area contributed by atoms with Crippen molar-refractivity contribution in [1.29, 1.82) is 0 Å². The van der Waals surface area contributed by atoms with Gasteiger partial charge >= 0.3 is 5.97 Å². The largest absolute Gasteiger partial charge is 0.480 e. The van der Waals surface area contributed by atoms with Crippen LogP contribution in [0.25, 0.3) is 0 Å². The van der Waals surface area contributed by atoms with E-state index in [1.807, 2.05) is 13.8 Å². The molecular formula is C12H15Cl2NO2. The Morgan fingerprint density at radius 1 is 1.41 bits per heavy atom. The molecule has 0 amide bonds. The maximum Gasteiger partial charge on any atom is 0.328 e. The molecule has 0 spiro atoms. The number of benzene rings is 1. The lowest BCUT2D eigenvalue weighted by Gasteiger charge is -2.30. The van der Waals surface area contributed by atoms with E-state index in [-0.39, 0.29) is 6.04 Å². The molecule has 1 aromatic rings. The van der Waals surface area contributed by atoms with Crippen LogP contribution >= 0.6 is 23.2 Å². The number of carboxylic acid groups (broad SMARTS) is 1. The Labute approximate surface area is 111 Å². The summed E-state index contributed by atoms with van der Waals surface area (Å²) in [6.45, 7) is 5.33. The molecule has 0 fully saturated rings. The van der Waals surface area contributed by atoms with Crippen molar-refractivity contribution in [3.05, 3.63) is 33.8 Å². The molecule has 1 atom stereocenters. The first-order valence-corrected chi connectivity index (χ1v) is 5.99. The fourth-order valence-electron chi connectivity index (χ4n) is 1.71. The summed E-state index contributed by atoms with van der Waals surface area (Å²) in [6.07, 6.45) is 0. The molecule has 0 aliphatic heterocycles. The number of rotatable bonds is 4. The number of carboxylic acids is 1. The van der Waals surface area contributed by atoms with Gasteiger partial charge in [-0.2, -0.15) is 0 Å². The second-order valence-corrected chi connectivity index (χ2v) is 5.20. The first kappa shape index (κ1) is 14.3. The minimum atomic E-state index is -1.25. The molecule has 0 aliphatic carbocycles. The van der Waals surface area contributed by atoms with E-state index < -0.39 is 11.5 Å². The molecule has 0 aliphatic rings. The van der Waals surface area contributed by atoms with Crippen molar-refractivity contribution in [2.75, 3.05) is 0 Å². The van der Waals surface area contributed by atoms with Crippen LogP contribution in [0.4, 0.5) is 0 Å². The Bertz CT molecular complexity index is 435. The van der Waals surface area contributed by atoms with E-state index in [4.69, 9.17) is 23.2 Å². The van der Waals surface area contributed by atoms with Crippen LogP contribution < -0.4 is 5.32 Å². The molecule has 94 valence electrons. The van der Waals surface area contributed by atoms with Gasteiger partial charge in [-0.3, -0.25) is 5.32 Å². The highest BCUT2D eigenvalue weighted by Gasteiger charge is 2.37. The number of hydrogen-bond donors (Lipinski definition) is 2. The van der Waals surface area contributed by atoms with Crippen LogP contribution in [0.1, 0.15) is 26.3 Å². The van der Waals surface area contributed by atoms with Crippen LogP contribution in [0.3, 0.4) is 0 Å². The molecule has 0 bridgehead atoms. The number of aliphatic carboxylic acids is 1. The van der Waals surface area contributed by atoms with E-state index in [2.05, 4.69) is 5.32 Å². The molecule has 5 heteroatoms. The quantitative estimate of drug-likeness (QED) is 0.887. The molecule has 0 saturated carbocycles. The lowest BCUT2D eigenvalue weighted by molar-refractivity contribution is -0.144. The zero-order valence-corrected chi connectivity index (χ0v) is 11.4. The van der Waals surface area contributed by atoms with Crippen LogP contribution in [-0.4, -0.2) is 17.1 Å². The first-order chi connectivity index (χ1) is 7.77.